The van der Waals surface area contributed by atoms with Crippen molar-refractivity contribution in [1.82, 2.24) is 5.32 Å². The van der Waals surface area contributed by atoms with Crippen molar-refractivity contribution in [2.45, 2.75) is 19.6 Å². The zero-order chi connectivity index (χ0) is 20.7. The monoisotopic (exact) mass is 413 g/mol. The number of rotatable bonds is 8. The molecule has 0 fully saturated rings. The third-order valence-corrected chi connectivity index (χ3v) is 3.95. The van der Waals surface area contributed by atoms with Gasteiger partial charge in [-0.3, -0.25) is 4.79 Å². The van der Waals surface area contributed by atoms with E-state index in [1.54, 1.807) is 31.2 Å². The van der Waals surface area contributed by atoms with E-state index in [1.165, 1.54) is 19.2 Å². The van der Waals surface area contributed by atoms with Crippen LogP contribution in [0.5, 0.6) is 11.5 Å². The second-order valence-electron chi connectivity index (χ2n) is 5.66. The van der Waals surface area contributed by atoms with Crippen LogP contribution in [0.15, 0.2) is 42.5 Å². The van der Waals surface area contributed by atoms with Crippen molar-refractivity contribution in [2.75, 3.05) is 13.7 Å². The van der Waals surface area contributed by atoms with Gasteiger partial charge in [-0.05, 0) is 42.8 Å². The van der Waals surface area contributed by atoms with Crippen LogP contribution >= 0.6 is 11.6 Å². The second-order valence-corrected chi connectivity index (χ2v) is 6.10. The first-order valence-corrected chi connectivity index (χ1v) is 8.52. The van der Waals surface area contributed by atoms with Gasteiger partial charge in [0.25, 0.3) is 5.91 Å². The van der Waals surface area contributed by atoms with Crippen LogP contribution < -0.4 is 14.8 Å². The predicted molar refractivity (Wildman–Crippen MR) is 97.9 cm³/mol. The number of carbonyl (C=O) groups excluding carboxylic acids is 2. The van der Waals surface area contributed by atoms with Crippen LogP contribution in [0.25, 0.3) is 0 Å². The Bertz CT molecular complexity index is 830. The summed E-state index contributed by atoms with van der Waals surface area (Å²) in [5.74, 6) is -1.59. The SMILES string of the molecule is COc1cc(C(=O)OCC(=O)N[C@@H](C)c2ccc(Cl)cc2)ccc1OC(F)F. The first-order chi connectivity index (χ1) is 13.3. The molecule has 0 unspecified atom stereocenters. The van der Waals surface area contributed by atoms with E-state index in [4.69, 9.17) is 21.1 Å². The third-order valence-electron chi connectivity index (χ3n) is 3.70. The van der Waals surface area contributed by atoms with Crippen LogP contribution in [0.3, 0.4) is 0 Å². The molecule has 28 heavy (non-hydrogen) atoms. The van der Waals surface area contributed by atoms with Crippen molar-refractivity contribution >= 4 is 23.5 Å². The number of halogens is 3. The van der Waals surface area contributed by atoms with Crippen LogP contribution in [0.2, 0.25) is 5.02 Å². The van der Waals surface area contributed by atoms with Crippen molar-refractivity contribution in [3.8, 4) is 11.5 Å². The number of hydrogen-bond acceptors (Lipinski definition) is 5. The van der Waals surface area contributed by atoms with E-state index in [1.807, 2.05) is 0 Å². The maximum atomic E-state index is 12.3. The maximum absolute atomic E-state index is 12.3. The minimum atomic E-state index is -3.03. The zero-order valence-corrected chi connectivity index (χ0v) is 15.8. The number of alkyl halides is 2. The molecule has 1 N–H and O–H groups in total. The van der Waals surface area contributed by atoms with Crippen LogP contribution in [0.4, 0.5) is 8.78 Å². The fourth-order valence-electron chi connectivity index (χ4n) is 2.32. The van der Waals surface area contributed by atoms with Crippen molar-refractivity contribution in [3.63, 3.8) is 0 Å². The van der Waals surface area contributed by atoms with Gasteiger partial charge < -0.3 is 19.5 Å². The maximum Gasteiger partial charge on any atom is 0.387 e. The van der Waals surface area contributed by atoms with Gasteiger partial charge in [0.15, 0.2) is 18.1 Å². The van der Waals surface area contributed by atoms with E-state index in [9.17, 15) is 18.4 Å². The fraction of sp³-hybridized carbons (Fsp3) is 0.263. The Labute approximate surface area is 165 Å². The van der Waals surface area contributed by atoms with Gasteiger partial charge in [-0.15, -0.1) is 0 Å². The van der Waals surface area contributed by atoms with E-state index in [-0.39, 0.29) is 23.1 Å². The van der Waals surface area contributed by atoms with Gasteiger partial charge in [-0.1, -0.05) is 23.7 Å². The third kappa shape index (κ3) is 6.09. The summed E-state index contributed by atoms with van der Waals surface area (Å²) >= 11 is 5.82. The van der Waals surface area contributed by atoms with E-state index >= 15 is 0 Å². The molecule has 0 radical (unpaired) electrons. The van der Waals surface area contributed by atoms with Crippen molar-refractivity contribution in [2.24, 2.45) is 0 Å². The molecule has 0 saturated heterocycles. The lowest BCUT2D eigenvalue weighted by Crippen LogP contribution is -2.31. The lowest BCUT2D eigenvalue weighted by molar-refractivity contribution is -0.124. The summed E-state index contributed by atoms with van der Waals surface area (Å²) < 4.78 is 38.8. The van der Waals surface area contributed by atoms with Gasteiger partial charge in [-0.25, -0.2) is 4.79 Å². The molecule has 0 aliphatic carbocycles. The Morgan fingerprint density at radius 1 is 1.11 bits per heavy atom. The average Bonchev–Trinajstić information content (AvgIpc) is 2.66. The van der Waals surface area contributed by atoms with Gasteiger partial charge in [-0.2, -0.15) is 8.78 Å². The fourth-order valence-corrected chi connectivity index (χ4v) is 2.45. The molecule has 1 amide bonds. The number of amides is 1. The molecule has 0 saturated carbocycles. The number of carbonyl (C=O) groups is 2. The Kier molecular flexibility index (Phi) is 7.57. The van der Waals surface area contributed by atoms with Gasteiger partial charge in [0, 0.05) is 5.02 Å². The van der Waals surface area contributed by atoms with Crippen LogP contribution in [-0.2, 0) is 9.53 Å². The summed E-state index contributed by atoms with van der Waals surface area (Å²) in [6.45, 7) is -1.76. The van der Waals surface area contributed by atoms with Crippen molar-refractivity contribution < 1.29 is 32.6 Å². The highest BCUT2D eigenvalue weighted by atomic mass is 35.5. The summed E-state index contributed by atoms with van der Waals surface area (Å²) in [6.07, 6.45) is 0. The Balaban J connectivity index is 1.92. The van der Waals surface area contributed by atoms with E-state index in [2.05, 4.69) is 10.1 Å². The minimum Gasteiger partial charge on any atom is -0.493 e. The topological polar surface area (TPSA) is 73.9 Å². The summed E-state index contributed by atoms with van der Waals surface area (Å²) in [7, 11) is 1.24. The summed E-state index contributed by atoms with van der Waals surface area (Å²) in [4.78, 5) is 24.1. The first kappa shape index (κ1) is 21.4. The van der Waals surface area contributed by atoms with E-state index < -0.39 is 25.1 Å². The molecule has 0 heterocycles. The molecule has 0 aliphatic heterocycles. The molecule has 0 aromatic heterocycles. The predicted octanol–water partition coefficient (Wildman–Crippen LogP) is 3.98. The molecule has 150 valence electrons. The van der Waals surface area contributed by atoms with Crippen LogP contribution in [-0.4, -0.2) is 32.2 Å². The lowest BCUT2D eigenvalue weighted by atomic mass is 10.1. The number of esters is 1. The molecule has 0 spiro atoms. The van der Waals surface area contributed by atoms with Gasteiger partial charge >= 0.3 is 12.6 Å². The number of nitrogens with one attached hydrogen (secondary N) is 1. The normalized spacial score (nSPS) is 11.6. The number of benzene rings is 2. The Morgan fingerprint density at radius 2 is 1.79 bits per heavy atom. The number of ether oxygens (including phenoxy) is 3. The second kappa shape index (κ2) is 9.89. The lowest BCUT2D eigenvalue weighted by Gasteiger charge is -2.15. The Hall–Kier alpha value is -2.87. The van der Waals surface area contributed by atoms with E-state index in [0.29, 0.717) is 5.02 Å². The van der Waals surface area contributed by atoms with Crippen LogP contribution in [0, 0.1) is 0 Å². The van der Waals surface area contributed by atoms with E-state index in [0.717, 1.165) is 11.6 Å². The summed E-state index contributed by atoms with van der Waals surface area (Å²) in [5, 5.41) is 3.27. The molecule has 2 aromatic carbocycles. The molecule has 2 aromatic rings. The van der Waals surface area contributed by atoms with Crippen molar-refractivity contribution in [3.05, 3.63) is 58.6 Å². The molecule has 0 aliphatic rings. The highest BCUT2D eigenvalue weighted by Gasteiger charge is 2.17. The number of hydrogen-bond donors (Lipinski definition) is 1. The molecule has 6 nitrogen and oxygen atoms in total. The minimum absolute atomic E-state index is 0.0250. The van der Waals surface area contributed by atoms with Gasteiger partial charge in [0.05, 0.1) is 18.7 Å². The highest BCUT2D eigenvalue weighted by Crippen LogP contribution is 2.29. The first-order valence-electron chi connectivity index (χ1n) is 8.15. The zero-order valence-electron chi connectivity index (χ0n) is 15.1. The van der Waals surface area contributed by atoms with Crippen molar-refractivity contribution in [1.29, 1.82) is 0 Å². The van der Waals surface area contributed by atoms with Gasteiger partial charge in [0.2, 0.25) is 0 Å². The molecule has 0 bridgehead atoms. The van der Waals surface area contributed by atoms with Crippen LogP contribution in [0.1, 0.15) is 28.9 Å². The Morgan fingerprint density at radius 3 is 2.39 bits per heavy atom. The molecule has 9 heteroatoms. The quantitative estimate of drug-likeness (QED) is 0.662. The number of methoxy groups -OCH3 is 1. The summed E-state index contributed by atoms with van der Waals surface area (Å²) in [6, 6.07) is 10.2. The standard InChI is InChI=1S/C19H18ClF2NO5/c1-11(12-3-6-14(20)7-4-12)23-17(24)10-27-18(25)13-5-8-15(28-19(21)22)16(9-13)26-2/h3-9,11,19H,10H2,1-2H3,(H,23,24)/t11-/m0/s1. The molecular formula is C19H18ClF2NO5. The smallest absolute Gasteiger partial charge is 0.387 e. The van der Waals surface area contributed by atoms with Gasteiger partial charge in [0.1, 0.15) is 0 Å². The molecular weight excluding hydrogens is 396 g/mol. The average molecular weight is 414 g/mol. The summed E-state index contributed by atoms with van der Waals surface area (Å²) in [5.41, 5.74) is 0.862. The largest absolute Gasteiger partial charge is 0.493 e. The highest BCUT2D eigenvalue weighted by molar-refractivity contribution is 6.30. The molecule has 1 atom stereocenters. The molecule has 2 rings (SSSR count).